The van der Waals surface area contributed by atoms with Crippen molar-refractivity contribution < 1.29 is 0 Å². The molecule has 0 aromatic carbocycles. The van der Waals surface area contributed by atoms with Gasteiger partial charge >= 0.3 is 0 Å². The Morgan fingerprint density at radius 1 is 1.22 bits per heavy atom. The van der Waals surface area contributed by atoms with E-state index in [-0.39, 0.29) is 5.54 Å². The summed E-state index contributed by atoms with van der Waals surface area (Å²) in [6, 6.07) is 2.25. The monoisotopic (exact) mass is 248 g/mol. The minimum Gasteiger partial charge on any atom is -0.354 e. The number of hydrogen-bond acceptors (Lipinski definition) is 1. The van der Waals surface area contributed by atoms with Crippen molar-refractivity contribution in [3.8, 4) is 0 Å². The second-order valence-electron chi connectivity index (χ2n) is 6.82. The highest BCUT2D eigenvalue weighted by molar-refractivity contribution is 5.10. The second kappa shape index (κ2) is 5.92. The SMILES string of the molecule is CC(C)(C)NCc1ccn(CC2CCCCC2)c1. The molecule has 2 nitrogen and oxygen atoms in total. The Hall–Kier alpha value is -0.760. The van der Waals surface area contributed by atoms with Crippen LogP contribution in [0.25, 0.3) is 0 Å². The van der Waals surface area contributed by atoms with E-state index in [1.807, 2.05) is 0 Å². The molecule has 0 aliphatic heterocycles. The Bertz CT molecular complexity index is 353. The van der Waals surface area contributed by atoms with Gasteiger partial charge in [0, 0.05) is 31.0 Å². The molecule has 2 rings (SSSR count). The van der Waals surface area contributed by atoms with Crippen LogP contribution in [0.2, 0.25) is 0 Å². The molecule has 1 heterocycles. The minimum atomic E-state index is 0.200. The highest BCUT2D eigenvalue weighted by Crippen LogP contribution is 2.25. The lowest BCUT2D eigenvalue weighted by molar-refractivity contribution is 0.319. The van der Waals surface area contributed by atoms with E-state index >= 15 is 0 Å². The van der Waals surface area contributed by atoms with E-state index in [2.05, 4.69) is 49.1 Å². The largest absolute Gasteiger partial charge is 0.354 e. The molecule has 1 fully saturated rings. The number of rotatable bonds is 4. The lowest BCUT2D eigenvalue weighted by Gasteiger charge is -2.22. The summed E-state index contributed by atoms with van der Waals surface area (Å²) in [5, 5.41) is 3.54. The van der Waals surface area contributed by atoms with E-state index in [4.69, 9.17) is 0 Å². The maximum absolute atomic E-state index is 3.54. The fourth-order valence-corrected chi connectivity index (χ4v) is 2.74. The van der Waals surface area contributed by atoms with Crippen LogP contribution >= 0.6 is 0 Å². The third-order valence-corrected chi connectivity index (χ3v) is 3.83. The molecule has 2 heteroatoms. The average Bonchev–Trinajstić information content (AvgIpc) is 2.75. The molecule has 1 aliphatic rings. The standard InChI is InChI=1S/C16H28N2/c1-16(2,3)17-11-15-9-10-18(13-15)12-14-7-5-4-6-8-14/h9-10,13-14,17H,4-8,11-12H2,1-3H3. The van der Waals surface area contributed by atoms with Crippen molar-refractivity contribution in [3.05, 3.63) is 24.0 Å². The second-order valence-corrected chi connectivity index (χ2v) is 6.82. The molecular weight excluding hydrogens is 220 g/mol. The number of aromatic nitrogens is 1. The van der Waals surface area contributed by atoms with Crippen LogP contribution in [0.1, 0.15) is 58.4 Å². The summed E-state index contributed by atoms with van der Waals surface area (Å²) >= 11 is 0. The lowest BCUT2D eigenvalue weighted by atomic mass is 9.89. The van der Waals surface area contributed by atoms with Crippen molar-refractivity contribution in [2.45, 2.75) is 71.5 Å². The first-order chi connectivity index (χ1) is 8.53. The van der Waals surface area contributed by atoms with Crippen molar-refractivity contribution in [2.75, 3.05) is 0 Å². The van der Waals surface area contributed by atoms with Crippen LogP contribution in [0.3, 0.4) is 0 Å². The molecular formula is C16H28N2. The zero-order valence-electron chi connectivity index (χ0n) is 12.2. The van der Waals surface area contributed by atoms with Gasteiger partial charge in [0.25, 0.3) is 0 Å². The Balaban J connectivity index is 1.82. The minimum absolute atomic E-state index is 0.200. The smallest absolute Gasteiger partial charge is 0.0248 e. The molecule has 0 amide bonds. The molecule has 0 spiro atoms. The zero-order chi connectivity index (χ0) is 13.0. The maximum Gasteiger partial charge on any atom is 0.0248 e. The fraction of sp³-hybridized carbons (Fsp3) is 0.750. The van der Waals surface area contributed by atoms with Crippen molar-refractivity contribution in [1.29, 1.82) is 0 Å². The van der Waals surface area contributed by atoms with Gasteiger partial charge in [-0.1, -0.05) is 19.3 Å². The van der Waals surface area contributed by atoms with Crippen LogP contribution in [-0.4, -0.2) is 10.1 Å². The van der Waals surface area contributed by atoms with Gasteiger partial charge in [-0.05, 0) is 51.2 Å². The Morgan fingerprint density at radius 2 is 1.94 bits per heavy atom. The lowest BCUT2D eigenvalue weighted by Crippen LogP contribution is -2.34. The summed E-state index contributed by atoms with van der Waals surface area (Å²) in [7, 11) is 0. The van der Waals surface area contributed by atoms with Gasteiger partial charge in [0.05, 0.1) is 0 Å². The first kappa shape index (κ1) is 13.7. The fourth-order valence-electron chi connectivity index (χ4n) is 2.74. The number of nitrogens with one attached hydrogen (secondary N) is 1. The summed E-state index contributed by atoms with van der Waals surface area (Å²) < 4.78 is 2.38. The van der Waals surface area contributed by atoms with Gasteiger partial charge in [0.2, 0.25) is 0 Å². The summed E-state index contributed by atoms with van der Waals surface area (Å²) in [5.74, 6) is 0.912. The topological polar surface area (TPSA) is 17.0 Å². The third-order valence-electron chi connectivity index (χ3n) is 3.83. The number of nitrogens with zero attached hydrogens (tertiary/aromatic N) is 1. The van der Waals surface area contributed by atoms with Gasteiger partial charge in [0.15, 0.2) is 0 Å². The van der Waals surface area contributed by atoms with E-state index in [1.54, 1.807) is 0 Å². The average molecular weight is 248 g/mol. The highest BCUT2D eigenvalue weighted by atomic mass is 15.0. The van der Waals surface area contributed by atoms with Crippen LogP contribution < -0.4 is 5.32 Å². The predicted octanol–water partition coefficient (Wildman–Crippen LogP) is 3.96. The maximum atomic E-state index is 3.54. The molecule has 1 aliphatic carbocycles. The van der Waals surface area contributed by atoms with Crippen LogP contribution in [0, 0.1) is 5.92 Å². The Morgan fingerprint density at radius 3 is 2.61 bits per heavy atom. The van der Waals surface area contributed by atoms with Crippen molar-refractivity contribution in [3.63, 3.8) is 0 Å². The molecule has 18 heavy (non-hydrogen) atoms. The van der Waals surface area contributed by atoms with Gasteiger partial charge in [0.1, 0.15) is 0 Å². The predicted molar refractivity (Wildman–Crippen MR) is 77.6 cm³/mol. The van der Waals surface area contributed by atoms with Crippen LogP contribution in [0.4, 0.5) is 0 Å². The molecule has 0 saturated heterocycles. The number of hydrogen-bond donors (Lipinski definition) is 1. The van der Waals surface area contributed by atoms with Crippen molar-refractivity contribution >= 4 is 0 Å². The molecule has 1 aromatic rings. The molecule has 0 unspecified atom stereocenters. The highest BCUT2D eigenvalue weighted by Gasteiger charge is 2.14. The first-order valence-electron chi connectivity index (χ1n) is 7.43. The summed E-state index contributed by atoms with van der Waals surface area (Å²) in [5.41, 5.74) is 1.60. The molecule has 102 valence electrons. The molecule has 1 aromatic heterocycles. The van der Waals surface area contributed by atoms with Gasteiger partial charge in [-0.25, -0.2) is 0 Å². The van der Waals surface area contributed by atoms with E-state index < -0.39 is 0 Å². The van der Waals surface area contributed by atoms with Crippen LogP contribution in [0.15, 0.2) is 18.5 Å². The Labute approximate surface area is 112 Å². The molecule has 0 atom stereocenters. The van der Waals surface area contributed by atoms with Crippen molar-refractivity contribution in [2.24, 2.45) is 5.92 Å². The normalized spacial score (nSPS) is 18.2. The summed E-state index contributed by atoms with van der Waals surface area (Å²) in [4.78, 5) is 0. The van der Waals surface area contributed by atoms with Gasteiger partial charge in [-0.3, -0.25) is 0 Å². The van der Waals surface area contributed by atoms with Crippen molar-refractivity contribution in [1.82, 2.24) is 9.88 Å². The van der Waals surface area contributed by atoms with Crippen LogP contribution in [0.5, 0.6) is 0 Å². The van der Waals surface area contributed by atoms with E-state index in [0.717, 1.165) is 12.5 Å². The molecule has 0 bridgehead atoms. The van der Waals surface area contributed by atoms with E-state index in [0.29, 0.717) is 0 Å². The third kappa shape index (κ3) is 4.49. The quantitative estimate of drug-likeness (QED) is 0.853. The van der Waals surface area contributed by atoms with Gasteiger partial charge in [-0.2, -0.15) is 0 Å². The van der Waals surface area contributed by atoms with E-state index in [1.165, 1.54) is 44.2 Å². The zero-order valence-corrected chi connectivity index (χ0v) is 12.2. The summed E-state index contributed by atoms with van der Waals surface area (Å²) in [6.07, 6.45) is 11.7. The van der Waals surface area contributed by atoms with Gasteiger partial charge < -0.3 is 9.88 Å². The molecule has 1 N–H and O–H groups in total. The van der Waals surface area contributed by atoms with Crippen LogP contribution in [-0.2, 0) is 13.1 Å². The Kier molecular flexibility index (Phi) is 4.50. The van der Waals surface area contributed by atoms with E-state index in [9.17, 15) is 0 Å². The molecule has 0 radical (unpaired) electrons. The van der Waals surface area contributed by atoms with Gasteiger partial charge in [-0.15, -0.1) is 0 Å². The summed E-state index contributed by atoms with van der Waals surface area (Å²) in [6.45, 7) is 8.83. The first-order valence-corrected chi connectivity index (χ1v) is 7.43. The molecule has 1 saturated carbocycles.